The number of hydrogen-bond donors (Lipinski definition) is 0. The smallest absolute Gasteiger partial charge is 0.306 e. The molecule has 6 heteroatoms. The maximum atomic E-state index is 12.8. The lowest BCUT2D eigenvalue weighted by molar-refractivity contribution is -0.167. The van der Waals surface area contributed by atoms with Crippen LogP contribution in [0.4, 0.5) is 0 Å². The highest BCUT2D eigenvalue weighted by Gasteiger charge is 2.19. The Kier molecular flexibility index (Phi) is 51.1. The Morgan fingerprint density at radius 2 is 0.516 bits per heavy atom. The molecule has 0 radical (unpaired) electrons. The number of hydrogen-bond acceptors (Lipinski definition) is 6. The van der Waals surface area contributed by atoms with Crippen LogP contribution in [0.1, 0.15) is 329 Å². The molecular formula is C58H112O6. The van der Waals surface area contributed by atoms with Gasteiger partial charge in [-0.25, -0.2) is 0 Å². The first kappa shape index (κ1) is 62.4. The topological polar surface area (TPSA) is 78.9 Å². The second kappa shape index (κ2) is 52.4. The molecule has 0 saturated heterocycles. The van der Waals surface area contributed by atoms with Crippen LogP contribution in [0.15, 0.2) is 0 Å². The summed E-state index contributed by atoms with van der Waals surface area (Å²) in [6.07, 6.45) is 56.6. The van der Waals surface area contributed by atoms with Crippen molar-refractivity contribution in [3.05, 3.63) is 0 Å². The molecule has 64 heavy (non-hydrogen) atoms. The molecule has 0 N–H and O–H groups in total. The van der Waals surface area contributed by atoms with Gasteiger partial charge in [0, 0.05) is 19.3 Å². The third kappa shape index (κ3) is 51.4. The highest BCUT2D eigenvalue weighted by atomic mass is 16.6. The molecular weight excluding hydrogens is 793 g/mol. The summed E-state index contributed by atoms with van der Waals surface area (Å²) >= 11 is 0. The Morgan fingerprint density at radius 3 is 0.766 bits per heavy atom. The molecule has 0 spiro atoms. The maximum Gasteiger partial charge on any atom is 0.306 e. The summed E-state index contributed by atoms with van der Waals surface area (Å²) in [6.45, 7) is 9.06. The van der Waals surface area contributed by atoms with Gasteiger partial charge in [-0.15, -0.1) is 0 Å². The van der Waals surface area contributed by atoms with Gasteiger partial charge >= 0.3 is 17.9 Å². The summed E-state index contributed by atoms with van der Waals surface area (Å²) in [5.41, 5.74) is 0. The van der Waals surface area contributed by atoms with Crippen molar-refractivity contribution in [3.63, 3.8) is 0 Å². The van der Waals surface area contributed by atoms with Gasteiger partial charge in [0.15, 0.2) is 6.10 Å². The number of carbonyl (C=O) groups is 3. The molecule has 0 heterocycles. The first-order valence-electron chi connectivity index (χ1n) is 28.9. The maximum absolute atomic E-state index is 12.8. The SMILES string of the molecule is CCCCCCCCCCCCCCCCCCCC(=O)O[C@H](COC(=O)CCCCCCCCCCCCC)COC(=O)CCCCCCCCCCCCCCCCCC(C)C. The van der Waals surface area contributed by atoms with Gasteiger partial charge < -0.3 is 14.2 Å². The number of ether oxygens (including phenoxy) is 3. The molecule has 0 aliphatic rings. The highest BCUT2D eigenvalue weighted by Crippen LogP contribution is 2.18. The molecule has 0 aliphatic heterocycles. The van der Waals surface area contributed by atoms with Crippen LogP contribution in [0, 0.1) is 5.92 Å². The van der Waals surface area contributed by atoms with Crippen LogP contribution < -0.4 is 0 Å². The third-order valence-corrected chi connectivity index (χ3v) is 13.3. The third-order valence-electron chi connectivity index (χ3n) is 13.3. The van der Waals surface area contributed by atoms with Crippen LogP contribution in [0.2, 0.25) is 0 Å². The van der Waals surface area contributed by atoms with Crippen LogP contribution in [0.3, 0.4) is 0 Å². The molecule has 0 fully saturated rings. The van der Waals surface area contributed by atoms with E-state index >= 15 is 0 Å². The van der Waals surface area contributed by atoms with Gasteiger partial charge in [-0.3, -0.25) is 14.4 Å². The summed E-state index contributed by atoms with van der Waals surface area (Å²) in [7, 11) is 0. The summed E-state index contributed by atoms with van der Waals surface area (Å²) < 4.78 is 16.9. The Hall–Kier alpha value is -1.59. The van der Waals surface area contributed by atoms with Gasteiger partial charge in [-0.2, -0.15) is 0 Å². The van der Waals surface area contributed by atoms with E-state index in [0.29, 0.717) is 19.3 Å². The van der Waals surface area contributed by atoms with Crippen molar-refractivity contribution < 1.29 is 28.6 Å². The minimum Gasteiger partial charge on any atom is -0.462 e. The zero-order valence-corrected chi connectivity index (χ0v) is 43.8. The summed E-state index contributed by atoms with van der Waals surface area (Å²) in [4.78, 5) is 38.1. The van der Waals surface area contributed by atoms with Gasteiger partial charge in [0.25, 0.3) is 0 Å². The van der Waals surface area contributed by atoms with Crippen molar-refractivity contribution >= 4 is 17.9 Å². The van der Waals surface area contributed by atoms with Crippen LogP contribution in [-0.2, 0) is 28.6 Å². The van der Waals surface area contributed by atoms with Crippen molar-refractivity contribution in [1.82, 2.24) is 0 Å². The van der Waals surface area contributed by atoms with Crippen molar-refractivity contribution in [3.8, 4) is 0 Å². The molecule has 0 unspecified atom stereocenters. The van der Waals surface area contributed by atoms with Crippen molar-refractivity contribution in [2.24, 2.45) is 5.92 Å². The average Bonchev–Trinajstić information content (AvgIpc) is 3.28. The van der Waals surface area contributed by atoms with Crippen molar-refractivity contribution in [1.29, 1.82) is 0 Å². The van der Waals surface area contributed by atoms with Gasteiger partial charge in [0.2, 0.25) is 0 Å². The van der Waals surface area contributed by atoms with E-state index in [2.05, 4.69) is 27.7 Å². The first-order chi connectivity index (χ1) is 31.4. The minimum absolute atomic E-state index is 0.0619. The lowest BCUT2D eigenvalue weighted by Crippen LogP contribution is -2.30. The Morgan fingerprint density at radius 1 is 0.297 bits per heavy atom. The van der Waals surface area contributed by atoms with E-state index in [0.717, 1.165) is 63.7 Å². The molecule has 0 saturated carbocycles. The lowest BCUT2D eigenvalue weighted by Gasteiger charge is -2.18. The Labute approximate surface area is 399 Å². The molecule has 0 aliphatic carbocycles. The van der Waals surface area contributed by atoms with E-state index in [4.69, 9.17) is 14.2 Å². The monoisotopic (exact) mass is 905 g/mol. The van der Waals surface area contributed by atoms with Crippen molar-refractivity contribution in [2.75, 3.05) is 13.2 Å². The number of rotatable bonds is 53. The van der Waals surface area contributed by atoms with E-state index in [1.54, 1.807) is 0 Å². The molecule has 0 aromatic rings. The second-order valence-corrected chi connectivity index (χ2v) is 20.4. The highest BCUT2D eigenvalue weighted by molar-refractivity contribution is 5.71. The Bertz CT molecular complexity index is 964. The molecule has 0 rings (SSSR count). The number of carbonyl (C=O) groups excluding carboxylic acids is 3. The van der Waals surface area contributed by atoms with Gasteiger partial charge in [0.05, 0.1) is 0 Å². The normalized spacial score (nSPS) is 12.0. The first-order valence-corrected chi connectivity index (χ1v) is 28.9. The largest absolute Gasteiger partial charge is 0.462 e. The second-order valence-electron chi connectivity index (χ2n) is 20.4. The predicted octanol–water partition coefficient (Wildman–Crippen LogP) is 19.0. The van der Waals surface area contributed by atoms with Gasteiger partial charge in [0.1, 0.15) is 13.2 Å². The summed E-state index contributed by atoms with van der Waals surface area (Å²) in [5, 5.41) is 0. The molecule has 380 valence electrons. The fraction of sp³-hybridized carbons (Fsp3) is 0.948. The average molecular weight is 906 g/mol. The van der Waals surface area contributed by atoms with Gasteiger partial charge in [-0.1, -0.05) is 291 Å². The van der Waals surface area contributed by atoms with Crippen LogP contribution >= 0.6 is 0 Å². The van der Waals surface area contributed by atoms with E-state index in [1.165, 1.54) is 225 Å². The van der Waals surface area contributed by atoms with E-state index in [9.17, 15) is 14.4 Å². The van der Waals surface area contributed by atoms with Crippen LogP contribution in [0.5, 0.6) is 0 Å². The fourth-order valence-electron chi connectivity index (χ4n) is 8.92. The van der Waals surface area contributed by atoms with Crippen molar-refractivity contribution in [2.45, 2.75) is 336 Å². The van der Waals surface area contributed by atoms with Crippen LogP contribution in [0.25, 0.3) is 0 Å². The van der Waals surface area contributed by atoms with E-state index in [1.807, 2.05) is 0 Å². The van der Waals surface area contributed by atoms with E-state index < -0.39 is 6.10 Å². The molecule has 0 amide bonds. The molecule has 6 nitrogen and oxygen atoms in total. The summed E-state index contributed by atoms with van der Waals surface area (Å²) in [5.74, 6) is 0.0130. The van der Waals surface area contributed by atoms with E-state index in [-0.39, 0.29) is 31.1 Å². The predicted molar refractivity (Wildman–Crippen MR) is 275 cm³/mol. The lowest BCUT2D eigenvalue weighted by atomic mass is 10.0. The number of esters is 3. The van der Waals surface area contributed by atoms with Gasteiger partial charge in [-0.05, 0) is 25.2 Å². The zero-order chi connectivity index (χ0) is 46.7. The Balaban J connectivity index is 4.25. The summed E-state index contributed by atoms with van der Waals surface area (Å²) in [6, 6.07) is 0. The number of unbranched alkanes of at least 4 members (excludes halogenated alkanes) is 40. The quantitative estimate of drug-likeness (QED) is 0.0344. The fourth-order valence-corrected chi connectivity index (χ4v) is 8.92. The zero-order valence-electron chi connectivity index (χ0n) is 43.8. The van der Waals surface area contributed by atoms with Crippen LogP contribution in [-0.4, -0.2) is 37.2 Å². The minimum atomic E-state index is -0.761. The molecule has 0 bridgehead atoms. The molecule has 1 atom stereocenters. The standard InChI is InChI=1S/C58H112O6/c1-5-7-9-11-13-15-17-18-19-20-23-27-31-35-39-43-47-51-58(61)64-55(52-62-56(59)49-45-41-37-33-28-16-14-12-10-8-6-2)53-63-57(60)50-46-42-38-34-30-26-24-21-22-25-29-32-36-40-44-48-54(3)4/h54-55H,5-53H2,1-4H3/t55-/m1/s1. The molecule has 0 aromatic heterocycles. The molecule has 0 aromatic carbocycles.